The minimum Gasteiger partial charge on any atom is -0.354 e. The van der Waals surface area contributed by atoms with Crippen molar-refractivity contribution in [2.45, 2.75) is 58.8 Å². The van der Waals surface area contributed by atoms with Crippen LogP contribution in [-0.2, 0) is 0 Å². The summed E-state index contributed by atoms with van der Waals surface area (Å²) < 4.78 is 0. The molecule has 1 aromatic rings. The van der Waals surface area contributed by atoms with E-state index in [9.17, 15) is 0 Å². The van der Waals surface area contributed by atoms with Crippen molar-refractivity contribution in [3.05, 3.63) is 17.5 Å². The van der Waals surface area contributed by atoms with E-state index in [2.05, 4.69) is 35.2 Å². The maximum absolute atomic E-state index is 6.03. The molecule has 0 spiro atoms. The summed E-state index contributed by atoms with van der Waals surface area (Å²) in [5.41, 5.74) is 8.40. The van der Waals surface area contributed by atoms with Crippen molar-refractivity contribution in [1.29, 1.82) is 0 Å². The number of anilines is 1. The predicted molar refractivity (Wildman–Crippen MR) is 83.9 cm³/mol. The van der Waals surface area contributed by atoms with Crippen LogP contribution in [0.5, 0.6) is 0 Å². The van der Waals surface area contributed by atoms with Crippen molar-refractivity contribution in [2.75, 3.05) is 18.4 Å². The molecule has 0 saturated heterocycles. The number of hydrogen-bond donors (Lipinski definition) is 2. The number of nitrogens with two attached hydrogens (primary N) is 1. The van der Waals surface area contributed by atoms with Crippen LogP contribution in [-0.4, -0.2) is 23.1 Å². The Balaban J connectivity index is 2.06. The van der Waals surface area contributed by atoms with Gasteiger partial charge >= 0.3 is 0 Å². The third-order valence-corrected chi connectivity index (χ3v) is 4.43. The molecule has 0 radical (unpaired) electrons. The van der Waals surface area contributed by atoms with Crippen LogP contribution < -0.4 is 11.1 Å². The molecule has 1 saturated carbocycles. The standard InChI is InChI=1S/C16H28N4/c1-12(2)14-9-13(3)19-15(20-14)18-11-16(10-17)7-5-4-6-8-16/h9,12H,4-8,10-11,17H2,1-3H3,(H,18,19,20). The summed E-state index contributed by atoms with van der Waals surface area (Å²) in [6.07, 6.45) is 6.38. The Labute approximate surface area is 122 Å². The molecule has 3 N–H and O–H groups in total. The highest BCUT2D eigenvalue weighted by Gasteiger charge is 2.30. The molecule has 112 valence electrons. The Morgan fingerprint density at radius 1 is 1.25 bits per heavy atom. The predicted octanol–water partition coefficient (Wildman–Crippen LogP) is 3.23. The molecular formula is C16H28N4. The maximum Gasteiger partial charge on any atom is 0.223 e. The van der Waals surface area contributed by atoms with Gasteiger partial charge in [0.1, 0.15) is 0 Å². The summed E-state index contributed by atoms with van der Waals surface area (Å²) in [6.45, 7) is 7.99. The zero-order valence-electron chi connectivity index (χ0n) is 13.1. The van der Waals surface area contributed by atoms with Crippen LogP contribution in [0, 0.1) is 12.3 Å². The summed E-state index contributed by atoms with van der Waals surface area (Å²) in [6, 6.07) is 2.06. The van der Waals surface area contributed by atoms with E-state index >= 15 is 0 Å². The van der Waals surface area contributed by atoms with Crippen molar-refractivity contribution in [1.82, 2.24) is 9.97 Å². The van der Waals surface area contributed by atoms with E-state index in [4.69, 9.17) is 5.73 Å². The van der Waals surface area contributed by atoms with Crippen molar-refractivity contribution in [2.24, 2.45) is 11.1 Å². The van der Waals surface area contributed by atoms with Crippen molar-refractivity contribution in [3.63, 3.8) is 0 Å². The zero-order chi connectivity index (χ0) is 14.6. The van der Waals surface area contributed by atoms with E-state index in [1.165, 1.54) is 32.1 Å². The van der Waals surface area contributed by atoms with Gasteiger partial charge in [0.15, 0.2) is 0 Å². The smallest absolute Gasteiger partial charge is 0.223 e. The van der Waals surface area contributed by atoms with E-state index in [0.29, 0.717) is 5.92 Å². The number of aryl methyl sites for hydroxylation is 1. The third kappa shape index (κ3) is 3.69. The molecule has 1 heterocycles. The van der Waals surface area contributed by atoms with E-state index < -0.39 is 0 Å². The number of nitrogens with zero attached hydrogens (tertiary/aromatic N) is 2. The molecule has 0 aliphatic heterocycles. The lowest BCUT2D eigenvalue weighted by molar-refractivity contribution is 0.215. The van der Waals surface area contributed by atoms with E-state index in [0.717, 1.165) is 30.4 Å². The van der Waals surface area contributed by atoms with Gasteiger partial charge in [-0.25, -0.2) is 9.97 Å². The minimum atomic E-state index is 0.239. The Hall–Kier alpha value is -1.16. The largest absolute Gasteiger partial charge is 0.354 e. The van der Waals surface area contributed by atoms with Crippen LogP contribution >= 0.6 is 0 Å². The number of aromatic nitrogens is 2. The summed E-state index contributed by atoms with van der Waals surface area (Å²) >= 11 is 0. The average Bonchev–Trinajstić information content (AvgIpc) is 2.45. The van der Waals surface area contributed by atoms with Gasteiger partial charge in [-0.2, -0.15) is 0 Å². The molecule has 4 nitrogen and oxygen atoms in total. The van der Waals surface area contributed by atoms with Crippen LogP contribution in [0.15, 0.2) is 6.07 Å². The topological polar surface area (TPSA) is 63.8 Å². The van der Waals surface area contributed by atoms with Crippen LogP contribution in [0.1, 0.15) is 63.3 Å². The first-order valence-corrected chi connectivity index (χ1v) is 7.84. The van der Waals surface area contributed by atoms with Gasteiger partial charge in [0, 0.05) is 17.9 Å². The van der Waals surface area contributed by atoms with Gasteiger partial charge in [-0.1, -0.05) is 33.1 Å². The molecule has 0 atom stereocenters. The van der Waals surface area contributed by atoms with Crippen LogP contribution in [0.3, 0.4) is 0 Å². The highest BCUT2D eigenvalue weighted by atomic mass is 15.1. The fourth-order valence-corrected chi connectivity index (χ4v) is 2.99. The monoisotopic (exact) mass is 276 g/mol. The maximum atomic E-state index is 6.03. The fraction of sp³-hybridized carbons (Fsp3) is 0.750. The second-order valence-electron chi connectivity index (χ2n) is 6.53. The van der Waals surface area contributed by atoms with Gasteiger partial charge < -0.3 is 11.1 Å². The highest BCUT2D eigenvalue weighted by Crippen LogP contribution is 2.35. The molecule has 1 aliphatic rings. The summed E-state index contributed by atoms with van der Waals surface area (Å²) in [4.78, 5) is 9.12. The summed E-state index contributed by atoms with van der Waals surface area (Å²) in [5, 5.41) is 3.44. The number of hydrogen-bond acceptors (Lipinski definition) is 4. The second-order valence-corrected chi connectivity index (χ2v) is 6.53. The molecule has 20 heavy (non-hydrogen) atoms. The first kappa shape index (κ1) is 15.2. The van der Waals surface area contributed by atoms with Crippen LogP contribution in [0.4, 0.5) is 5.95 Å². The SMILES string of the molecule is Cc1cc(C(C)C)nc(NCC2(CN)CCCCC2)n1. The Kier molecular flexibility index (Phi) is 4.97. The Morgan fingerprint density at radius 2 is 1.95 bits per heavy atom. The lowest BCUT2D eigenvalue weighted by Gasteiger charge is -2.36. The van der Waals surface area contributed by atoms with Gasteiger partial charge in [-0.15, -0.1) is 0 Å². The zero-order valence-corrected chi connectivity index (χ0v) is 13.1. The lowest BCUT2D eigenvalue weighted by Crippen LogP contribution is -2.39. The average molecular weight is 276 g/mol. The molecule has 1 fully saturated rings. The molecule has 2 rings (SSSR count). The Bertz CT molecular complexity index is 436. The van der Waals surface area contributed by atoms with E-state index in [-0.39, 0.29) is 5.41 Å². The molecule has 0 amide bonds. The summed E-state index contributed by atoms with van der Waals surface area (Å²) in [5.74, 6) is 1.18. The minimum absolute atomic E-state index is 0.239. The van der Waals surface area contributed by atoms with Gasteiger partial charge in [0.2, 0.25) is 5.95 Å². The Morgan fingerprint density at radius 3 is 2.55 bits per heavy atom. The molecule has 0 unspecified atom stereocenters. The first-order chi connectivity index (χ1) is 9.54. The first-order valence-electron chi connectivity index (χ1n) is 7.84. The third-order valence-electron chi connectivity index (χ3n) is 4.43. The van der Waals surface area contributed by atoms with Crippen molar-refractivity contribution >= 4 is 5.95 Å². The quantitative estimate of drug-likeness (QED) is 0.866. The second kappa shape index (κ2) is 6.53. The molecule has 1 aliphatic carbocycles. The summed E-state index contributed by atoms with van der Waals surface area (Å²) in [7, 11) is 0. The highest BCUT2D eigenvalue weighted by molar-refractivity contribution is 5.29. The molecule has 4 heteroatoms. The van der Waals surface area contributed by atoms with Crippen molar-refractivity contribution in [3.8, 4) is 0 Å². The number of rotatable bonds is 5. The van der Waals surface area contributed by atoms with Gasteiger partial charge in [-0.3, -0.25) is 0 Å². The normalized spacial score (nSPS) is 18.2. The molecular weight excluding hydrogens is 248 g/mol. The molecule has 1 aromatic heterocycles. The van der Waals surface area contributed by atoms with Gasteiger partial charge in [-0.05, 0) is 43.7 Å². The van der Waals surface area contributed by atoms with E-state index in [1.807, 2.05) is 6.92 Å². The fourth-order valence-electron chi connectivity index (χ4n) is 2.99. The lowest BCUT2D eigenvalue weighted by atomic mass is 9.74. The van der Waals surface area contributed by atoms with E-state index in [1.54, 1.807) is 0 Å². The van der Waals surface area contributed by atoms with Crippen molar-refractivity contribution < 1.29 is 0 Å². The molecule has 0 aromatic carbocycles. The van der Waals surface area contributed by atoms with Crippen LogP contribution in [0.25, 0.3) is 0 Å². The van der Waals surface area contributed by atoms with Crippen LogP contribution in [0.2, 0.25) is 0 Å². The molecule has 0 bridgehead atoms. The number of nitrogens with one attached hydrogen (secondary N) is 1. The van der Waals surface area contributed by atoms with Gasteiger partial charge in [0.05, 0.1) is 0 Å². The van der Waals surface area contributed by atoms with Gasteiger partial charge in [0.25, 0.3) is 0 Å².